The van der Waals surface area contributed by atoms with Crippen LogP contribution in [0.1, 0.15) is 57.4 Å². The average Bonchev–Trinajstić information content (AvgIpc) is 2.53. The number of carbonyl (C=O) groups excluding carboxylic acids is 1. The van der Waals surface area contributed by atoms with E-state index in [-0.39, 0.29) is 17.6 Å². The SMILES string of the molecule is CCCCC1CCC(C(=O)Nc2ccc(C(F)(F)F)cn2)CC1. The number of anilines is 1. The Morgan fingerprint density at radius 3 is 2.48 bits per heavy atom. The van der Waals surface area contributed by atoms with Gasteiger partial charge in [0.25, 0.3) is 0 Å². The lowest BCUT2D eigenvalue weighted by atomic mass is 9.79. The van der Waals surface area contributed by atoms with E-state index in [1.807, 2.05) is 0 Å². The first-order valence-corrected chi connectivity index (χ1v) is 8.24. The van der Waals surface area contributed by atoms with Gasteiger partial charge in [-0.1, -0.05) is 26.2 Å². The quantitative estimate of drug-likeness (QED) is 0.823. The van der Waals surface area contributed by atoms with Crippen molar-refractivity contribution in [2.75, 3.05) is 5.32 Å². The standard InChI is InChI=1S/C17H23F3N2O/c1-2-3-4-12-5-7-13(8-6-12)16(23)22-15-10-9-14(11-21-15)17(18,19)20/h9-13H,2-8H2,1H3,(H,21,22,23). The molecule has 0 unspecified atom stereocenters. The van der Waals surface area contributed by atoms with Gasteiger partial charge in [0, 0.05) is 12.1 Å². The number of halogens is 3. The highest BCUT2D eigenvalue weighted by Crippen LogP contribution is 2.33. The summed E-state index contributed by atoms with van der Waals surface area (Å²) >= 11 is 0. The maximum atomic E-state index is 12.5. The van der Waals surface area contributed by atoms with E-state index in [0.29, 0.717) is 5.92 Å². The molecule has 0 saturated heterocycles. The van der Waals surface area contributed by atoms with Gasteiger partial charge in [-0.25, -0.2) is 4.98 Å². The Hall–Kier alpha value is -1.59. The number of aromatic nitrogens is 1. The Kier molecular flexibility index (Phi) is 6.02. The van der Waals surface area contributed by atoms with Gasteiger partial charge >= 0.3 is 6.18 Å². The molecule has 0 radical (unpaired) electrons. The van der Waals surface area contributed by atoms with Gasteiger partial charge in [-0.3, -0.25) is 4.79 Å². The van der Waals surface area contributed by atoms with Crippen LogP contribution >= 0.6 is 0 Å². The summed E-state index contributed by atoms with van der Waals surface area (Å²) in [4.78, 5) is 15.9. The summed E-state index contributed by atoms with van der Waals surface area (Å²) in [7, 11) is 0. The first-order valence-electron chi connectivity index (χ1n) is 8.24. The third-order valence-corrected chi connectivity index (χ3v) is 4.53. The Morgan fingerprint density at radius 2 is 1.96 bits per heavy atom. The molecule has 0 aliphatic heterocycles. The molecule has 1 aromatic heterocycles. The van der Waals surface area contributed by atoms with Crippen molar-refractivity contribution in [3.05, 3.63) is 23.9 Å². The number of rotatable bonds is 5. The maximum Gasteiger partial charge on any atom is 0.417 e. The molecule has 1 N–H and O–H groups in total. The second kappa shape index (κ2) is 7.79. The van der Waals surface area contributed by atoms with Gasteiger partial charge in [0.05, 0.1) is 5.56 Å². The van der Waals surface area contributed by atoms with Crippen molar-refractivity contribution in [2.45, 2.75) is 58.0 Å². The summed E-state index contributed by atoms with van der Waals surface area (Å²) < 4.78 is 37.4. The molecule has 1 saturated carbocycles. The molecule has 1 fully saturated rings. The molecule has 1 aliphatic carbocycles. The lowest BCUT2D eigenvalue weighted by Gasteiger charge is -2.27. The molecular weight excluding hydrogens is 305 g/mol. The van der Waals surface area contributed by atoms with Crippen molar-refractivity contribution in [2.24, 2.45) is 11.8 Å². The van der Waals surface area contributed by atoms with Gasteiger partial charge in [0.2, 0.25) is 5.91 Å². The van der Waals surface area contributed by atoms with Crippen molar-refractivity contribution >= 4 is 11.7 Å². The second-order valence-electron chi connectivity index (χ2n) is 6.28. The van der Waals surface area contributed by atoms with E-state index >= 15 is 0 Å². The number of unbranched alkanes of at least 4 members (excludes halogenated alkanes) is 1. The van der Waals surface area contributed by atoms with Crippen LogP contribution in [0.15, 0.2) is 18.3 Å². The molecule has 1 heterocycles. The number of nitrogens with zero attached hydrogens (tertiary/aromatic N) is 1. The lowest BCUT2D eigenvalue weighted by Crippen LogP contribution is -2.27. The largest absolute Gasteiger partial charge is 0.417 e. The molecular formula is C17H23F3N2O. The lowest BCUT2D eigenvalue weighted by molar-refractivity contribution is -0.137. The fourth-order valence-electron chi connectivity index (χ4n) is 3.07. The Bertz CT molecular complexity index is 506. The van der Waals surface area contributed by atoms with Crippen LogP contribution < -0.4 is 5.32 Å². The number of amides is 1. The topological polar surface area (TPSA) is 42.0 Å². The first-order chi connectivity index (χ1) is 10.9. The highest BCUT2D eigenvalue weighted by molar-refractivity contribution is 5.91. The molecule has 2 rings (SSSR count). The summed E-state index contributed by atoms with van der Waals surface area (Å²) in [6.07, 6.45) is 3.80. The van der Waals surface area contributed by atoms with Crippen LogP contribution in [0.4, 0.5) is 19.0 Å². The highest BCUT2D eigenvalue weighted by atomic mass is 19.4. The minimum Gasteiger partial charge on any atom is -0.310 e. The van der Waals surface area contributed by atoms with Gasteiger partial charge in [0.1, 0.15) is 5.82 Å². The first kappa shape index (κ1) is 17.8. The summed E-state index contributed by atoms with van der Waals surface area (Å²) in [6.45, 7) is 2.18. The molecule has 0 spiro atoms. The van der Waals surface area contributed by atoms with Crippen LogP contribution in [0.2, 0.25) is 0 Å². The Labute approximate surface area is 134 Å². The monoisotopic (exact) mass is 328 g/mol. The molecule has 1 aliphatic rings. The van der Waals surface area contributed by atoms with Crippen molar-refractivity contribution in [3.63, 3.8) is 0 Å². The molecule has 0 aromatic carbocycles. The van der Waals surface area contributed by atoms with Crippen LogP contribution in [0.3, 0.4) is 0 Å². The zero-order valence-electron chi connectivity index (χ0n) is 13.3. The predicted octanol–water partition coefficient (Wildman–Crippen LogP) is 5.04. The number of pyridine rings is 1. The van der Waals surface area contributed by atoms with Crippen molar-refractivity contribution in [1.82, 2.24) is 4.98 Å². The average molecular weight is 328 g/mol. The van der Waals surface area contributed by atoms with Gasteiger partial charge in [-0.15, -0.1) is 0 Å². The summed E-state index contributed by atoms with van der Waals surface area (Å²) in [5, 5.41) is 2.63. The molecule has 23 heavy (non-hydrogen) atoms. The Balaban J connectivity index is 1.83. The van der Waals surface area contributed by atoms with Crippen LogP contribution in [0.25, 0.3) is 0 Å². The van der Waals surface area contributed by atoms with Gasteiger partial charge in [-0.2, -0.15) is 13.2 Å². The normalized spacial score (nSPS) is 21.9. The zero-order chi connectivity index (χ0) is 16.9. The number of carbonyl (C=O) groups is 1. The predicted molar refractivity (Wildman–Crippen MR) is 82.8 cm³/mol. The molecule has 6 heteroatoms. The fraction of sp³-hybridized carbons (Fsp3) is 0.647. The molecule has 3 nitrogen and oxygen atoms in total. The summed E-state index contributed by atoms with van der Waals surface area (Å²) in [5.74, 6) is 0.697. The van der Waals surface area contributed by atoms with E-state index < -0.39 is 11.7 Å². The molecule has 1 amide bonds. The van der Waals surface area contributed by atoms with Crippen LogP contribution in [-0.4, -0.2) is 10.9 Å². The van der Waals surface area contributed by atoms with Crippen LogP contribution in [0.5, 0.6) is 0 Å². The number of hydrogen-bond donors (Lipinski definition) is 1. The van der Waals surface area contributed by atoms with Crippen molar-refractivity contribution in [1.29, 1.82) is 0 Å². The zero-order valence-corrected chi connectivity index (χ0v) is 13.3. The van der Waals surface area contributed by atoms with Gasteiger partial charge < -0.3 is 5.32 Å². The fourth-order valence-corrected chi connectivity index (χ4v) is 3.07. The van der Waals surface area contributed by atoms with Gasteiger partial charge in [-0.05, 0) is 43.7 Å². The third kappa shape index (κ3) is 5.22. The third-order valence-electron chi connectivity index (χ3n) is 4.53. The molecule has 0 bridgehead atoms. The maximum absolute atomic E-state index is 12.5. The number of alkyl halides is 3. The number of hydrogen-bond acceptors (Lipinski definition) is 2. The second-order valence-corrected chi connectivity index (χ2v) is 6.28. The van der Waals surface area contributed by atoms with E-state index in [9.17, 15) is 18.0 Å². The smallest absolute Gasteiger partial charge is 0.310 e. The highest BCUT2D eigenvalue weighted by Gasteiger charge is 2.31. The van der Waals surface area contributed by atoms with E-state index in [0.717, 1.165) is 37.9 Å². The number of nitrogens with one attached hydrogen (secondary N) is 1. The molecule has 128 valence electrons. The van der Waals surface area contributed by atoms with Crippen LogP contribution in [-0.2, 0) is 11.0 Å². The van der Waals surface area contributed by atoms with E-state index in [2.05, 4.69) is 17.2 Å². The minimum atomic E-state index is -4.41. The summed E-state index contributed by atoms with van der Waals surface area (Å²) in [5.41, 5.74) is -0.813. The molecule has 1 aromatic rings. The van der Waals surface area contributed by atoms with Crippen molar-refractivity contribution < 1.29 is 18.0 Å². The van der Waals surface area contributed by atoms with Crippen molar-refractivity contribution in [3.8, 4) is 0 Å². The minimum absolute atomic E-state index is 0.0584. The van der Waals surface area contributed by atoms with E-state index in [1.165, 1.54) is 25.3 Å². The summed E-state index contributed by atoms with van der Waals surface area (Å²) in [6, 6.07) is 2.14. The van der Waals surface area contributed by atoms with Crippen LogP contribution in [0, 0.1) is 11.8 Å². The van der Waals surface area contributed by atoms with E-state index in [1.54, 1.807) is 0 Å². The van der Waals surface area contributed by atoms with E-state index in [4.69, 9.17) is 0 Å². The Morgan fingerprint density at radius 1 is 1.26 bits per heavy atom. The van der Waals surface area contributed by atoms with Gasteiger partial charge in [0.15, 0.2) is 0 Å². The molecule has 0 atom stereocenters.